The molecule has 0 N–H and O–H groups in total. The Labute approximate surface area is 114 Å². The van der Waals surface area contributed by atoms with Crippen LogP contribution in [-0.4, -0.2) is 4.98 Å². The molecule has 0 atom stereocenters. The Morgan fingerprint density at radius 2 is 1.84 bits per heavy atom. The third kappa shape index (κ3) is 3.99. The summed E-state index contributed by atoms with van der Waals surface area (Å²) < 4.78 is 26.4. The van der Waals surface area contributed by atoms with E-state index in [9.17, 15) is 8.78 Å². The summed E-state index contributed by atoms with van der Waals surface area (Å²) in [5.74, 6) is -0.307. The first kappa shape index (κ1) is 14.4. The summed E-state index contributed by atoms with van der Waals surface area (Å²) in [6, 6.07) is 2.84. The van der Waals surface area contributed by atoms with Crippen LogP contribution in [0.4, 0.5) is 8.78 Å². The molecule has 0 saturated heterocycles. The second kappa shape index (κ2) is 6.97. The van der Waals surface area contributed by atoms with Crippen molar-refractivity contribution in [1.29, 1.82) is 0 Å². The number of unbranched alkanes of at least 4 members (excludes halogenated alkanes) is 2. The predicted octanol–water partition coefficient (Wildman–Crippen LogP) is 5.21. The van der Waals surface area contributed by atoms with Crippen LogP contribution in [-0.2, 0) is 0 Å². The summed E-state index contributed by atoms with van der Waals surface area (Å²) in [6.45, 7) is 2.22. The summed E-state index contributed by atoms with van der Waals surface area (Å²) >= 11 is 0. The quantitative estimate of drug-likeness (QED) is 0.527. The molecular weight excluding hydrogens is 244 g/mol. The molecule has 106 valence electrons. The lowest BCUT2D eigenvalue weighted by molar-refractivity contribution is 0.297. The summed E-state index contributed by atoms with van der Waals surface area (Å²) in [5.41, 5.74) is 0.605. The van der Waals surface area contributed by atoms with Gasteiger partial charge in [0, 0.05) is 5.56 Å². The molecule has 1 aliphatic carbocycles. The van der Waals surface area contributed by atoms with Crippen molar-refractivity contribution in [3.8, 4) is 0 Å². The molecule has 0 bridgehead atoms. The van der Waals surface area contributed by atoms with Gasteiger partial charge >= 0.3 is 0 Å². The highest BCUT2D eigenvalue weighted by Crippen LogP contribution is 2.38. The van der Waals surface area contributed by atoms with E-state index < -0.39 is 11.9 Å². The predicted molar refractivity (Wildman–Crippen MR) is 73.0 cm³/mol. The average molecular weight is 267 g/mol. The minimum atomic E-state index is -0.727. The van der Waals surface area contributed by atoms with Gasteiger partial charge in [-0.25, -0.2) is 0 Å². The van der Waals surface area contributed by atoms with Gasteiger partial charge in [-0.2, -0.15) is 13.8 Å². The standard InChI is InChI=1S/C16H23F2N/c1-2-3-4-5-12-6-8-13(9-7-12)14-10-11-15(17)19-16(14)18/h10-13H,2-9H2,1H3. The van der Waals surface area contributed by atoms with Crippen LogP contribution in [0.1, 0.15) is 69.8 Å². The first-order valence-corrected chi connectivity index (χ1v) is 7.52. The molecule has 1 nitrogen and oxygen atoms in total. The Kier molecular flexibility index (Phi) is 5.29. The molecule has 1 saturated carbocycles. The molecule has 0 aromatic carbocycles. The number of hydrogen-bond acceptors (Lipinski definition) is 1. The van der Waals surface area contributed by atoms with E-state index in [0.717, 1.165) is 18.8 Å². The van der Waals surface area contributed by atoms with E-state index in [-0.39, 0.29) is 5.92 Å². The lowest BCUT2D eigenvalue weighted by atomic mass is 9.77. The molecule has 0 radical (unpaired) electrons. The molecule has 2 rings (SSSR count). The third-order valence-electron chi connectivity index (χ3n) is 4.35. The largest absolute Gasteiger partial charge is 0.218 e. The van der Waals surface area contributed by atoms with Gasteiger partial charge in [-0.15, -0.1) is 0 Å². The van der Waals surface area contributed by atoms with Crippen LogP contribution >= 0.6 is 0 Å². The number of aromatic nitrogens is 1. The Hall–Kier alpha value is -0.990. The first-order valence-electron chi connectivity index (χ1n) is 7.52. The molecule has 1 aromatic heterocycles. The third-order valence-corrected chi connectivity index (χ3v) is 4.35. The molecule has 1 aliphatic rings. The summed E-state index contributed by atoms with van der Waals surface area (Å²) in [4.78, 5) is 3.30. The van der Waals surface area contributed by atoms with E-state index in [4.69, 9.17) is 0 Å². The van der Waals surface area contributed by atoms with E-state index in [1.165, 1.54) is 44.6 Å². The molecule has 1 heterocycles. The van der Waals surface area contributed by atoms with Crippen molar-refractivity contribution in [2.24, 2.45) is 5.92 Å². The zero-order valence-corrected chi connectivity index (χ0v) is 11.7. The Bertz CT molecular complexity index is 398. The second-order valence-electron chi connectivity index (χ2n) is 5.73. The van der Waals surface area contributed by atoms with E-state index in [1.807, 2.05) is 0 Å². The van der Waals surface area contributed by atoms with Crippen LogP contribution in [0.5, 0.6) is 0 Å². The Balaban J connectivity index is 1.85. The second-order valence-corrected chi connectivity index (χ2v) is 5.73. The van der Waals surface area contributed by atoms with Crippen LogP contribution in [0, 0.1) is 17.8 Å². The van der Waals surface area contributed by atoms with Crippen molar-refractivity contribution < 1.29 is 8.78 Å². The highest BCUT2D eigenvalue weighted by molar-refractivity contribution is 5.17. The fraction of sp³-hybridized carbons (Fsp3) is 0.688. The summed E-state index contributed by atoms with van der Waals surface area (Å²) in [7, 11) is 0. The van der Waals surface area contributed by atoms with Gasteiger partial charge in [0.25, 0.3) is 0 Å². The lowest BCUT2D eigenvalue weighted by Gasteiger charge is -2.28. The first-order chi connectivity index (χ1) is 9.20. The van der Waals surface area contributed by atoms with Gasteiger partial charge in [-0.05, 0) is 49.7 Å². The van der Waals surface area contributed by atoms with Gasteiger partial charge in [0.1, 0.15) is 0 Å². The SMILES string of the molecule is CCCCCC1CCC(c2ccc(F)nc2F)CC1. The van der Waals surface area contributed by atoms with Crippen molar-refractivity contribution in [1.82, 2.24) is 4.98 Å². The van der Waals surface area contributed by atoms with Crippen LogP contribution in [0.2, 0.25) is 0 Å². The summed E-state index contributed by atoms with van der Waals surface area (Å²) in [6.07, 6.45) is 9.58. The number of hydrogen-bond donors (Lipinski definition) is 0. The molecular formula is C16H23F2N. The van der Waals surface area contributed by atoms with Gasteiger partial charge < -0.3 is 0 Å². The molecule has 0 spiro atoms. The molecule has 0 unspecified atom stereocenters. The topological polar surface area (TPSA) is 12.9 Å². The van der Waals surface area contributed by atoms with Crippen LogP contribution in [0.15, 0.2) is 12.1 Å². The smallest absolute Gasteiger partial charge is 0.190 e. The van der Waals surface area contributed by atoms with E-state index >= 15 is 0 Å². The molecule has 3 heteroatoms. The van der Waals surface area contributed by atoms with Gasteiger partial charge in [-0.3, -0.25) is 0 Å². The Morgan fingerprint density at radius 1 is 1.11 bits per heavy atom. The van der Waals surface area contributed by atoms with Crippen molar-refractivity contribution in [2.45, 2.75) is 64.2 Å². The van der Waals surface area contributed by atoms with Crippen molar-refractivity contribution in [2.75, 3.05) is 0 Å². The average Bonchev–Trinajstić information content (AvgIpc) is 2.40. The van der Waals surface area contributed by atoms with E-state index in [1.54, 1.807) is 6.07 Å². The zero-order valence-electron chi connectivity index (χ0n) is 11.7. The molecule has 0 aliphatic heterocycles. The number of pyridine rings is 1. The fourth-order valence-corrected chi connectivity index (χ4v) is 3.17. The number of nitrogens with zero attached hydrogens (tertiary/aromatic N) is 1. The van der Waals surface area contributed by atoms with Crippen molar-refractivity contribution in [3.05, 3.63) is 29.6 Å². The minimum absolute atomic E-state index is 0.232. The van der Waals surface area contributed by atoms with Gasteiger partial charge in [0.2, 0.25) is 11.9 Å². The van der Waals surface area contributed by atoms with Crippen LogP contribution in [0.3, 0.4) is 0 Å². The number of halogens is 2. The Morgan fingerprint density at radius 3 is 2.47 bits per heavy atom. The molecule has 0 amide bonds. The molecule has 19 heavy (non-hydrogen) atoms. The minimum Gasteiger partial charge on any atom is -0.190 e. The monoisotopic (exact) mass is 267 g/mol. The van der Waals surface area contributed by atoms with Crippen LogP contribution < -0.4 is 0 Å². The van der Waals surface area contributed by atoms with Crippen molar-refractivity contribution in [3.63, 3.8) is 0 Å². The highest BCUT2D eigenvalue weighted by Gasteiger charge is 2.24. The number of rotatable bonds is 5. The van der Waals surface area contributed by atoms with Gasteiger partial charge in [-0.1, -0.05) is 32.6 Å². The lowest BCUT2D eigenvalue weighted by Crippen LogP contribution is -2.15. The molecule has 1 aromatic rings. The van der Waals surface area contributed by atoms with Gasteiger partial charge in [0.05, 0.1) is 0 Å². The maximum absolute atomic E-state index is 13.6. The normalized spacial score (nSPS) is 23.5. The molecule has 1 fully saturated rings. The van der Waals surface area contributed by atoms with Crippen molar-refractivity contribution >= 4 is 0 Å². The maximum atomic E-state index is 13.6. The van der Waals surface area contributed by atoms with Crippen LogP contribution in [0.25, 0.3) is 0 Å². The highest BCUT2D eigenvalue weighted by atomic mass is 19.1. The maximum Gasteiger partial charge on any atom is 0.218 e. The zero-order chi connectivity index (χ0) is 13.7. The van der Waals surface area contributed by atoms with Gasteiger partial charge in [0.15, 0.2) is 0 Å². The fourth-order valence-electron chi connectivity index (χ4n) is 3.17. The van der Waals surface area contributed by atoms with E-state index in [2.05, 4.69) is 11.9 Å². The summed E-state index contributed by atoms with van der Waals surface area (Å²) in [5, 5.41) is 0. The van der Waals surface area contributed by atoms with E-state index in [0.29, 0.717) is 5.56 Å².